The maximum absolute atomic E-state index is 13.0. The molecule has 33 heavy (non-hydrogen) atoms. The molecule has 0 saturated heterocycles. The molecule has 0 unspecified atom stereocenters. The molecule has 0 aliphatic rings. The van der Waals surface area contributed by atoms with E-state index in [4.69, 9.17) is 4.74 Å². The zero-order valence-corrected chi connectivity index (χ0v) is 17.7. The number of carbonyl (C=O) groups excluding carboxylic acids is 2. The van der Waals surface area contributed by atoms with E-state index in [1.165, 1.54) is 28.9 Å². The van der Waals surface area contributed by atoms with Gasteiger partial charge in [0.1, 0.15) is 17.3 Å². The number of halogens is 1. The van der Waals surface area contributed by atoms with E-state index < -0.39 is 5.91 Å². The van der Waals surface area contributed by atoms with Crippen molar-refractivity contribution in [3.05, 3.63) is 90.3 Å². The summed E-state index contributed by atoms with van der Waals surface area (Å²) in [5, 5.41) is 13.8. The molecule has 10 heteroatoms. The molecule has 0 aliphatic heterocycles. The summed E-state index contributed by atoms with van der Waals surface area (Å²) in [5.41, 5.74) is 1.66. The molecular weight excluding hydrogens is 427 g/mol. The van der Waals surface area contributed by atoms with Crippen LogP contribution < -0.4 is 15.4 Å². The SMILES string of the molecule is CCn1nccc1C(=O)Nc1cccc(NC(=O)c2ccn(COc3ccc(F)cc3)n2)c1. The highest BCUT2D eigenvalue weighted by Crippen LogP contribution is 2.17. The van der Waals surface area contributed by atoms with Gasteiger partial charge in [0.25, 0.3) is 11.8 Å². The third-order valence-electron chi connectivity index (χ3n) is 4.68. The van der Waals surface area contributed by atoms with Gasteiger partial charge in [-0.3, -0.25) is 14.3 Å². The highest BCUT2D eigenvalue weighted by atomic mass is 19.1. The highest BCUT2D eigenvalue weighted by molar-refractivity contribution is 6.05. The quantitative estimate of drug-likeness (QED) is 0.427. The Bertz CT molecular complexity index is 1270. The van der Waals surface area contributed by atoms with E-state index in [9.17, 15) is 14.0 Å². The van der Waals surface area contributed by atoms with E-state index in [0.29, 0.717) is 29.4 Å². The van der Waals surface area contributed by atoms with Crippen molar-refractivity contribution in [3.8, 4) is 5.75 Å². The van der Waals surface area contributed by atoms with Crippen LogP contribution in [0.15, 0.2) is 73.1 Å². The normalized spacial score (nSPS) is 10.6. The molecule has 2 amide bonds. The summed E-state index contributed by atoms with van der Waals surface area (Å²) in [6.45, 7) is 2.54. The van der Waals surface area contributed by atoms with Gasteiger partial charge in [-0.15, -0.1) is 0 Å². The molecule has 168 valence electrons. The largest absolute Gasteiger partial charge is 0.471 e. The second kappa shape index (κ2) is 9.77. The molecule has 2 aromatic carbocycles. The van der Waals surface area contributed by atoms with E-state index in [-0.39, 0.29) is 24.1 Å². The monoisotopic (exact) mass is 448 g/mol. The van der Waals surface area contributed by atoms with Crippen LogP contribution in [0.2, 0.25) is 0 Å². The lowest BCUT2D eigenvalue weighted by atomic mass is 10.2. The Morgan fingerprint density at radius 2 is 1.73 bits per heavy atom. The van der Waals surface area contributed by atoms with Gasteiger partial charge in [-0.25, -0.2) is 9.07 Å². The minimum atomic E-state index is -0.414. The number of carbonyl (C=O) groups is 2. The van der Waals surface area contributed by atoms with Gasteiger partial charge < -0.3 is 15.4 Å². The lowest BCUT2D eigenvalue weighted by Gasteiger charge is -2.09. The zero-order valence-electron chi connectivity index (χ0n) is 17.7. The molecule has 0 saturated carbocycles. The van der Waals surface area contributed by atoms with E-state index in [2.05, 4.69) is 20.8 Å². The number of benzene rings is 2. The number of nitrogens with one attached hydrogen (secondary N) is 2. The Morgan fingerprint density at radius 3 is 2.45 bits per heavy atom. The first-order valence-electron chi connectivity index (χ1n) is 10.2. The van der Waals surface area contributed by atoms with Gasteiger partial charge in [0, 0.05) is 30.3 Å². The van der Waals surface area contributed by atoms with E-state index >= 15 is 0 Å². The maximum atomic E-state index is 13.0. The van der Waals surface area contributed by atoms with Crippen LogP contribution in [-0.4, -0.2) is 31.4 Å². The summed E-state index contributed by atoms with van der Waals surface area (Å²) in [4.78, 5) is 25.1. The van der Waals surface area contributed by atoms with E-state index in [1.54, 1.807) is 53.5 Å². The molecule has 0 bridgehead atoms. The summed E-state index contributed by atoms with van der Waals surface area (Å²) in [6, 6.07) is 15.6. The topological polar surface area (TPSA) is 103 Å². The summed E-state index contributed by atoms with van der Waals surface area (Å²) >= 11 is 0. The first kappa shape index (κ1) is 21.8. The number of aryl methyl sites for hydroxylation is 1. The number of aromatic nitrogens is 4. The predicted octanol–water partition coefficient (Wildman–Crippen LogP) is 3.78. The molecule has 4 aromatic rings. The average molecular weight is 448 g/mol. The first-order valence-corrected chi connectivity index (χ1v) is 10.2. The molecule has 2 N–H and O–H groups in total. The second-order valence-electron chi connectivity index (χ2n) is 6.99. The molecule has 0 fully saturated rings. The Morgan fingerprint density at radius 1 is 1.00 bits per heavy atom. The number of hydrogen-bond donors (Lipinski definition) is 2. The number of hydrogen-bond acceptors (Lipinski definition) is 5. The number of rotatable bonds is 8. The molecule has 2 heterocycles. The van der Waals surface area contributed by atoms with Crippen molar-refractivity contribution < 1.29 is 18.7 Å². The van der Waals surface area contributed by atoms with Crippen LogP contribution >= 0.6 is 0 Å². The zero-order chi connectivity index (χ0) is 23.2. The van der Waals surface area contributed by atoms with Crippen LogP contribution in [0.5, 0.6) is 5.75 Å². The molecule has 0 atom stereocenters. The number of ether oxygens (including phenoxy) is 1. The minimum absolute atomic E-state index is 0.0643. The number of amides is 2. The van der Waals surface area contributed by atoms with Crippen LogP contribution in [0.4, 0.5) is 15.8 Å². The van der Waals surface area contributed by atoms with Gasteiger partial charge in [-0.1, -0.05) is 6.07 Å². The van der Waals surface area contributed by atoms with Crippen LogP contribution in [0.1, 0.15) is 27.9 Å². The number of nitrogens with zero attached hydrogens (tertiary/aromatic N) is 4. The van der Waals surface area contributed by atoms with Gasteiger partial charge in [0.2, 0.25) is 0 Å². The van der Waals surface area contributed by atoms with Crippen LogP contribution in [-0.2, 0) is 13.3 Å². The van der Waals surface area contributed by atoms with Crippen molar-refractivity contribution in [1.29, 1.82) is 0 Å². The van der Waals surface area contributed by atoms with Crippen molar-refractivity contribution in [2.45, 2.75) is 20.2 Å². The van der Waals surface area contributed by atoms with Crippen LogP contribution in [0.3, 0.4) is 0 Å². The Hall–Kier alpha value is -4.47. The molecular formula is C23H21FN6O3. The van der Waals surface area contributed by atoms with Gasteiger partial charge in [0.05, 0.1) is 0 Å². The van der Waals surface area contributed by atoms with Crippen molar-refractivity contribution in [3.63, 3.8) is 0 Å². The second-order valence-corrected chi connectivity index (χ2v) is 6.99. The molecule has 2 aromatic heterocycles. The van der Waals surface area contributed by atoms with Crippen LogP contribution in [0.25, 0.3) is 0 Å². The molecule has 0 spiro atoms. The fraction of sp³-hybridized carbons (Fsp3) is 0.130. The molecule has 4 rings (SSSR count). The van der Waals surface area contributed by atoms with Crippen molar-refractivity contribution in [2.75, 3.05) is 10.6 Å². The smallest absolute Gasteiger partial charge is 0.276 e. The first-order chi connectivity index (χ1) is 16.0. The van der Waals surface area contributed by atoms with Gasteiger partial charge in [-0.05, 0) is 61.5 Å². The molecule has 9 nitrogen and oxygen atoms in total. The van der Waals surface area contributed by atoms with Crippen LogP contribution in [0, 0.1) is 5.82 Å². The third-order valence-corrected chi connectivity index (χ3v) is 4.68. The summed E-state index contributed by atoms with van der Waals surface area (Å²) in [5.74, 6) is -0.573. The lowest BCUT2D eigenvalue weighted by Crippen LogP contribution is -2.18. The van der Waals surface area contributed by atoms with Gasteiger partial charge in [-0.2, -0.15) is 10.2 Å². The maximum Gasteiger partial charge on any atom is 0.276 e. The van der Waals surface area contributed by atoms with Crippen molar-refractivity contribution >= 4 is 23.2 Å². The third kappa shape index (κ3) is 5.42. The van der Waals surface area contributed by atoms with Gasteiger partial charge >= 0.3 is 0 Å². The summed E-state index contributed by atoms with van der Waals surface area (Å²) < 4.78 is 21.5. The van der Waals surface area contributed by atoms with Crippen molar-refractivity contribution in [2.24, 2.45) is 0 Å². The minimum Gasteiger partial charge on any atom is -0.471 e. The highest BCUT2D eigenvalue weighted by Gasteiger charge is 2.13. The summed E-state index contributed by atoms with van der Waals surface area (Å²) in [7, 11) is 0. The fourth-order valence-electron chi connectivity index (χ4n) is 3.07. The number of anilines is 2. The van der Waals surface area contributed by atoms with Gasteiger partial charge in [0.15, 0.2) is 12.4 Å². The standard InChI is InChI=1S/C23H21FN6O3/c1-2-30-21(10-12-25-30)23(32)27-18-5-3-4-17(14-18)26-22(31)20-11-13-29(28-20)15-33-19-8-6-16(24)7-9-19/h3-14H,2,15H2,1H3,(H,26,31)(H,27,32). The molecule has 0 aliphatic carbocycles. The van der Waals surface area contributed by atoms with E-state index in [0.717, 1.165) is 0 Å². The Kier molecular flexibility index (Phi) is 6.44. The average Bonchev–Trinajstić information content (AvgIpc) is 3.49. The Labute approximate surface area is 188 Å². The van der Waals surface area contributed by atoms with Crippen molar-refractivity contribution in [1.82, 2.24) is 19.6 Å². The summed E-state index contributed by atoms with van der Waals surface area (Å²) in [6.07, 6.45) is 3.17. The van der Waals surface area contributed by atoms with E-state index in [1.807, 2.05) is 6.92 Å². The predicted molar refractivity (Wildman–Crippen MR) is 120 cm³/mol. The fourth-order valence-corrected chi connectivity index (χ4v) is 3.07. The molecule has 0 radical (unpaired) electrons. The Balaban J connectivity index is 1.36. The lowest BCUT2D eigenvalue weighted by molar-refractivity contribution is 0.101.